The predicted molar refractivity (Wildman–Crippen MR) is 67.3 cm³/mol. The van der Waals surface area contributed by atoms with Gasteiger partial charge in [-0.2, -0.15) is 0 Å². The Morgan fingerprint density at radius 2 is 1.79 bits per heavy atom. The molecule has 0 aliphatic heterocycles. The molecule has 0 fully saturated rings. The van der Waals surface area contributed by atoms with Crippen molar-refractivity contribution in [2.24, 2.45) is 0 Å². The highest BCUT2D eigenvalue weighted by Gasteiger charge is 1.97. The molecular weight excluding hydrogens is 168 g/mol. The quantitative estimate of drug-likeness (QED) is 0.518. The van der Waals surface area contributed by atoms with E-state index in [1.807, 2.05) is 13.8 Å². The third kappa shape index (κ3) is 11.3. The number of hydrogen-bond donors (Lipinski definition) is 0. The van der Waals surface area contributed by atoms with Gasteiger partial charge in [0.15, 0.2) is 0 Å². The highest BCUT2D eigenvalue weighted by atomic mass is 14.0. The first-order valence-corrected chi connectivity index (χ1v) is 6.00. The van der Waals surface area contributed by atoms with Gasteiger partial charge in [0.1, 0.15) is 0 Å². The van der Waals surface area contributed by atoms with E-state index in [9.17, 15) is 0 Å². The summed E-state index contributed by atoms with van der Waals surface area (Å²) in [7, 11) is 0. The molecule has 0 heterocycles. The van der Waals surface area contributed by atoms with E-state index in [1.165, 1.54) is 37.7 Å². The normalized spacial score (nSPS) is 13.5. The van der Waals surface area contributed by atoms with Crippen LogP contribution in [0.15, 0.2) is 11.6 Å². The Morgan fingerprint density at radius 1 is 1.21 bits per heavy atom. The molecule has 1 aliphatic rings. The van der Waals surface area contributed by atoms with Gasteiger partial charge < -0.3 is 0 Å². The highest BCUT2D eigenvalue weighted by molar-refractivity contribution is 5.25. The van der Waals surface area contributed by atoms with Crippen molar-refractivity contribution in [1.82, 2.24) is 0 Å². The molecule has 0 spiro atoms. The van der Waals surface area contributed by atoms with E-state index < -0.39 is 0 Å². The number of terminal acetylenes is 1. The van der Waals surface area contributed by atoms with Gasteiger partial charge in [0.25, 0.3) is 0 Å². The minimum absolute atomic E-state index is 1.14. The summed E-state index contributed by atoms with van der Waals surface area (Å²) in [6.07, 6.45) is 14.9. The first-order chi connectivity index (χ1) is 6.85. The van der Waals surface area contributed by atoms with Gasteiger partial charge in [-0.05, 0) is 31.3 Å². The van der Waals surface area contributed by atoms with Gasteiger partial charge in [-0.25, -0.2) is 0 Å². The molecule has 0 nitrogen and oxygen atoms in total. The molecule has 0 N–H and O–H groups in total. The lowest BCUT2D eigenvalue weighted by atomic mass is 10.0. The molecule has 1 rings (SSSR count). The zero-order valence-corrected chi connectivity index (χ0v) is 10.4. The average Bonchev–Trinajstić information content (AvgIpc) is 2.33. The van der Waals surface area contributed by atoms with Crippen LogP contribution in [0.25, 0.3) is 0 Å². The van der Waals surface area contributed by atoms with Crippen LogP contribution >= 0.6 is 0 Å². The SMILES string of the molecule is C#CC1=CCCCC1.CC.CCCC. The lowest BCUT2D eigenvalue weighted by molar-refractivity contribution is 0.715. The number of hydrogen-bond acceptors (Lipinski definition) is 0. The van der Waals surface area contributed by atoms with Crippen molar-refractivity contribution >= 4 is 0 Å². The van der Waals surface area contributed by atoms with E-state index in [1.54, 1.807) is 0 Å². The summed E-state index contributed by atoms with van der Waals surface area (Å²) in [4.78, 5) is 0. The summed E-state index contributed by atoms with van der Waals surface area (Å²) >= 11 is 0. The van der Waals surface area contributed by atoms with Crippen molar-refractivity contribution in [3.05, 3.63) is 11.6 Å². The van der Waals surface area contributed by atoms with Gasteiger partial charge in [-0.15, -0.1) is 6.42 Å². The Morgan fingerprint density at radius 3 is 2.00 bits per heavy atom. The van der Waals surface area contributed by atoms with Crippen LogP contribution in [0, 0.1) is 12.3 Å². The van der Waals surface area contributed by atoms with Gasteiger partial charge in [-0.1, -0.05) is 52.5 Å². The monoisotopic (exact) mass is 194 g/mol. The minimum Gasteiger partial charge on any atom is -0.115 e. The maximum Gasteiger partial charge on any atom is -0.00223 e. The third-order valence-corrected chi connectivity index (χ3v) is 1.98. The van der Waals surface area contributed by atoms with Crippen LogP contribution in [0.1, 0.15) is 66.2 Å². The number of unbranched alkanes of at least 4 members (excludes halogenated alkanes) is 1. The molecule has 0 radical (unpaired) electrons. The molecule has 0 aromatic rings. The Hall–Kier alpha value is -0.700. The van der Waals surface area contributed by atoms with Gasteiger partial charge >= 0.3 is 0 Å². The summed E-state index contributed by atoms with van der Waals surface area (Å²) in [5.74, 6) is 2.66. The highest BCUT2D eigenvalue weighted by Crippen LogP contribution is 2.15. The largest absolute Gasteiger partial charge is 0.115 e. The second-order valence-electron chi connectivity index (χ2n) is 3.12. The molecule has 0 unspecified atom stereocenters. The van der Waals surface area contributed by atoms with Crippen molar-refractivity contribution in [3.63, 3.8) is 0 Å². The Bertz CT molecular complexity index is 155. The van der Waals surface area contributed by atoms with Crippen LogP contribution in [0.5, 0.6) is 0 Å². The van der Waals surface area contributed by atoms with E-state index in [2.05, 4.69) is 25.8 Å². The minimum atomic E-state index is 1.14. The Balaban J connectivity index is 0. The Kier molecular flexibility index (Phi) is 16.7. The topological polar surface area (TPSA) is 0 Å². The van der Waals surface area contributed by atoms with E-state index in [0.717, 1.165) is 6.42 Å². The van der Waals surface area contributed by atoms with Crippen molar-refractivity contribution in [3.8, 4) is 12.3 Å². The van der Waals surface area contributed by atoms with Crippen LogP contribution in [-0.2, 0) is 0 Å². The van der Waals surface area contributed by atoms with E-state index in [4.69, 9.17) is 6.42 Å². The van der Waals surface area contributed by atoms with Crippen LogP contribution in [0.4, 0.5) is 0 Å². The zero-order chi connectivity index (χ0) is 11.2. The van der Waals surface area contributed by atoms with Crippen molar-refractivity contribution < 1.29 is 0 Å². The van der Waals surface area contributed by atoms with Crippen molar-refractivity contribution in [2.75, 3.05) is 0 Å². The van der Waals surface area contributed by atoms with Crippen molar-refractivity contribution in [2.45, 2.75) is 66.2 Å². The molecule has 0 heteroatoms. The molecule has 0 atom stereocenters. The molecule has 0 aromatic carbocycles. The predicted octanol–water partition coefficient (Wildman–Crippen LogP) is 4.95. The standard InChI is InChI=1S/C8H10.C4H10.C2H6/c1-2-8-6-4-3-5-7-8;1-3-4-2;1-2/h1,6H,3-5,7H2;3-4H2,1-2H3;1-2H3. The van der Waals surface area contributed by atoms with Crippen molar-refractivity contribution in [1.29, 1.82) is 0 Å². The second kappa shape index (κ2) is 14.8. The molecule has 0 aromatic heterocycles. The maximum atomic E-state index is 5.18. The lowest BCUT2D eigenvalue weighted by Crippen LogP contribution is -1.87. The van der Waals surface area contributed by atoms with E-state index in [-0.39, 0.29) is 0 Å². The zero-order valence-electron chi connectivity index (χ0n) is 10.4. The lowest BCUT2D eigenvalue weighted by Gasteiger charge is -2.04. The fraction of sp³-hybridized carbons (Fsp3) is 0.714. The first-order valence-electron chi connectivity index (χ1n) is 6.00. The summed E-state index contributed by atoms with van der Waals surface area (Å²) in [6.45, 7) is 8.36. The number of allylic oxidation sites excluding steroid dienone is 2. The molecule has 0 saturated carbocycles. The van der Waals surface area contributed by atoms with Gasteiger partial charge in [0.2, 0.25) is 0 Å². The van der Waals surface area contributed by atoms with E-state index in [0.29, 0.717) is 0 Å². The summed E-state index contributed by atoms with van der Waals surface area (Å²) in [5, 5.41) is 0. The van der Waals surface area contributed by atoms with Gasteiger partial charge in [-0.3, -0.25) is 0 Å². The van der Waals surface area contributed by atoms with Crippen LogP contribution in [0.3, 0.4) is 0 Å². The average molecular weight is 194 g/mol. The fourth-order valence-corrected chi connectivity index (χ4v) is 0.969. The molecule has 1 aliphatic carbocycles. The summed E-state index contributed by atoms with van der Waals surface area (Å²) < 4.78 is 0. The molecule has 0 saturated heterocycles. The molecular formula is C14H26. The van der Waals surface area contributed by atoms with Gasteiger partial charge in [0, 0.05) is 0 Å². The first kappa shape index (κ1) is 15.8. The number of rotatable bonds is 1. The Labute approximate surface area is 90.8 Å². The maximum absolute atomic E-state index is 5.18. The van der Waals surface area contributed by atoms with E-state index >= 15 is 0 Å². The second-order valence-corrected chi connectivity index (χ2v) is 3.12. The van der Waals surface area contributed by atoms with Crippen LogP contribution in [0.2, 0.25) is 0 Å². The van der Waals surface area contributed by atoms with Gasteiger partial charge in [0.05, 0.1) is 0 Å². The smallest absolute Gasteiger partial charge is 0.00223 e. The molecule has 0 amide bonds. The molecule has 14 heavy (non-hydrogen) atoms. The van der Waals surface area contributed by atoms with Crippen LogP contribution < -0.4 is 0 Å². The third-order valence-electron chi connectivity index (χ3n) is 1.98. The summed E-state index contributed by atoms with van der Waals surface area (Å²) in [6, 6.07) is 0. The fourth-order valence-electron chi connectivity index (χ4n) is 0.969. The molecule has 82 valence electrons. The molecule has 0 bridgehead atoms. The van der Waals surface area contributed by atoms with Crippen LogP contribution in [-0.4, -0.2) is 0 Å². The summed E-state index contributed by atoms with van der Waals surface area (Å²) in [5.41, 5.74) is 1.20.